The Balaban J connectivity index is 0.978. The molecule has 0 aliphatic heterocycles. The van der Waals surface area contributed by atoms with E-state index >= 15 is 0 Å². The highest BCUT2D eigenvalue weighted by molar-refractivity contribution is 5.97. The Bertz CT molecular complexity index is 3170. The summed E-state index contributed by atoms with van der Waals surface area (Å²) in [5.74, 6) is 0. The van der Waals surface area contributed by atoms with Crippen LogP contribution in [0.25, 0.3) is 66.4 Å². The van der Waals surface area contributed by atoms with Gasteiger partial charge in [-0.3, -0.25) is 0 Å². The molecule has 0 saturated heterocycles. The highest BCUT2D eigenvalue weighted by Gasteiger charge is 2.44. The van der Waals surface area contributed by atoms with Gasteiger partial charge in [-0.15, -0.1) is 0 Å². The van der Waals surface area contributed by atoms with Crippen molar-refractivity contribution in [3.05, 3.63) is 222 Å². The number of fused-ring (bicyclic) bond motifs is 9. The molecule has 12 rings (SSSR count). The number of rotatable bonds is 6. The number of nitrogens with zero attached hydrogens (tertiary/aromatic N) is 1. The maximum atomic E-state index is 2.54. The van der Waals surface area contributed by atoms with Gasteiger partial charge >= 0.3 is 0 Å². The molecular weight excluding hydrogens is 747 g/mol. The molecule has 0 N–H and O–H groups in total. The summed E-state index contributed by atoms with van der Waals surface area (Å²) in [6.45, 7) is 4.77. The Kier molecular flexibility index (Phi) is 8.51. The molecule has 0 unspecified atom stereocenters. The molecule has 0 aromatic heterocycles. The molecule has 9 aromatic carbocycles. The van der Waals surface area contributed by atoms with Crippen molar-refractivity contribution in [1.82, 2.24) is 0 Å². The van der Waals surface area contributed by atoms with Crippen molar-refractivity contribution in [3.8, 4) is 55.6 Å². The van der Waals surface area contributed by atoms with E-state index < -0.39 is 0 Å². The van der Waals surface area contributed by atoms with Gasteiger partial charge in [0.2, 0.25) is 0 Å². The van der Waals surface area contributed by atoms with Crippen molar-refractivity contribution in [3.63, 3.8) is 0 Å². The van der Waals surface area contributed by atoms with Crippen LogP contribution >= 0.6 is 0 Å². The quantitative estimate of drug-likeness (QED) is 0.162. The molecule has 0 radical (unpaired) electrons. The van der Waals surface area contributed by atoms with Gasteiger partial charge in [0.05, 0.1) is 0 Å². The van der Waals surface area contributed by atoms with Crippen molar-refractivity contribution in [2.75, 3.05) is 4.90 Å². The Labute approximate surface area is 366 Å². The second-order valence-corrected chi connectivity index (χ2v) is 18.3. The van der Waals surface area contributed by atoms with Crippen molar-refractivity contribution < 1.29 is 0 Å². The summed E-state index contributed by atoms with van der Waals surface area (Å²) < 4.78 is 0. The molecule has 0 amide bonds. The minimum atomic E-state index is -0.101. The predicted octanol–water partition coefficient (Wildman–Crippen LogP) is 16.8. The SMILES string of the molecule is CC1(C)c2ccccc2-c2cccc(-c3ccccc3-c3ccc(N(c4ccc(-c5cccc6ccccc56)cc4)c4ccc5c(c4)C4(CCCCC4)c4ccccc4-5)cc3)c21. The van der Waals surface area contributed by atoms with E-state index in [1.54, 1.807) is 0 Å². The summed E-state index contributed by atoms with van der Waals surface area (Å²) in [4.78, 5) is 2.48. The van der Waals surface area contributed by atoms with Gasteiger partial charge in [-0.05, 0) is 138 Å². The first-order chi connectivity index (χ1) is 30.5. The molecule has 1 fully saturated rings. The summed E-state index contributed by atoms with van der Waals surface area (Å²) in [6.07, 6.45) is 6.29. The number of anilines is 3. The smallest absolute Gasteiger partial charge is 0.0465 e. The van der Waals surface area contributed by atoms with Crippen LogP contribution in [0.2, 0.25) is 0 Å². The number of hydrogen-bond donors (Lipinski definition) is 0. The van der Waals surface area contributed by atoms with Crippen LogP contribution < -0.4 is 4.90 Å². The van der Waals surface area contributed by atoms with Gasteiger partial charge in [-0.25, -0.2) is 0 Å². The lowest BCUT2D eigenvalue weighted by Gasteiger charge is -2.36. The zero-order valence-electron chi connectivity index (χ0n) is 35.5. The molecule has 3 aliphatic carbocycles. The Hall–Kier alpha value is -6.96. The first-order valence-electron chi connectivity index (χ1n) is 22.6. The van der Waals surface area contributed by atoms with E-state index in [9.17, 15) is 0 Å². The maximum absolute atomic E-state index is 2.54. The Morgan fingerprint density at radius 1 is 0.355 bits per heavy atom. The van der Waals surface area contributed by atoms with Crippen LogP contribution in [0.1, 0.15) is 68.2 Å². The number of benzene rings is 9. The van der Waals surface area contributed by atoms with Crippen LogP contribution in [0.4, 0.5) is 17.1 Å². The van der Waals surface area contributed by atoms with Crippen LogP contribution in [0.15, 0.2) is 200 Å². The van der Waals surface area contributed by atoms with E-state index in [2.05, 4.69) is 219 Å². The second-order valence-electron chi connectivity index (χ2n) is 18.3. The van der Waals surface area contributed by atoms with E-state index in [1.165, 1.54) is 126 Å². The monoisotopic (exact) mass is 795 g/mol. The first-order valence-corrected chi connectivity index (χ1v) is 22.6. The second kappa shape index (κ2) is 14.3. The molecule has 298 valence electrons. The highest BCUT2D eigenvalue weighted by atomic mass is 15.1. The third-order valence-electron chi connectivity index (χ3n) is 14.7. The van der Waals surface area contributed by atoms with E-state index in [0.29, 0.717) is 0 Å². The first kappa shape index (κ1) is 36.9. The van der Waals surface area contributed by atoms with Crippen LogP contribution in [-0.4, -0.2) is 0 Å². The number of hydrogen-bond acceptors (Lipinski definition) is 1. The molecular formula is C61H49N. The third-order valence-corrected chi connectivity index (χ3v) is 14.7. The maximum Gasteiger partial charge on any atom is 0.0465 e. The lowest BCUT2D eigenvalue weighted by atomic mass is 9.68. The average molecular weight is 796 g/mol. The van der Waals surface area contributed by atoms with Gasteiger partial charge in [0.25, 0.3) is 0 Å². The standard InChI is InChI=1S/C61H49N/c1-60(2)56-26-10-8-22-52(56)55-25-15-24-54(59(55)60)50-20-7-6-19-49(50)43-30-34-45(35-31-43)62(44-32-28-42(29-33-44)48-23-14-17-41-16-4-5-18-47(41)48)46-36-37-53-51-21-9-11-27-57(51)61(58(53)40-46)38-12-3-13-39-61/h4-11,14-37,40H,3,12-13,38-39H2,1-2H3. The summed E-state index contributed by atoms with van der Waals surface area (Å²) in [5, 5.41) is 2.54. The van der Waals surface area contributed by atoms with Crippen LogP contribution in [0, 0.1) is 0 Å². The van der Waals surface area contributed by atoms with E-state index in [-0.39, 0.29) is 10.8 Å². The van der Waals surface area contributed by atoms with Crippen molar-refractivity contribution in [1.29, 1.82) is 0 Å². The molecule has 1 nitrogen and oxygen atoms in total. The molecule has 1 spiro atoms. The fourth-order valence-electron chi connectivity index (χ4n) is 11.8. The van der Waals surface area contributed by atoms with E-state index in [0.717, 1.165) is 11.4 Å². The van der Waals surface area contributed by atoms with E-state index in [1.807, 2.05) is 0 Å². The van der Waals surface area contributed by atoms with Gasteiger partial charge in [0.15, 0.2) is 0 Å². The fraction of sp³-hybridized carbons (Fsp3) is 0.148. The van der Waals surface area contributed by atoms with Crippen molar-refractivity contribution in [2.45, 2.75) is 56.8 Å². The van der Waals surface area contributed by atoms with Crippen LogP contribution in [-0.2, 0) is 10.8 Å². The van der Waals surface area contributed by atoms with Crippen LogP contribution in [0.3, 0.4) is 0 Å². The largest absolute Gasteiger partial charge is 0.310 e. The minimum absolute atomic E-state index is 0.0746. The third kappa shape index (κ3) is 5.61. The molecule has 1 heteroatoms. The summed E-state index contributed by atoms with van der Waals surface area (Å²) in [7, 11) is 0. The summed E-state index contributed by atoms with van der Waals surface area (Å²) in [6, 6.07) is 75.2. The molecule has 9 aromatic rings. The fourth-order valence-corrected chi connectivity index (χ4v) is 11.8. The lowest BCUT2D eigenvalue weighted by molar-refractivity contribution is 0.353. The molecule has 3 aliphatic rings. The van der Waals surface area contributed by atoms with Gasteiger partial charge in [0, 0.05) is 27.9 Å². The molecule has 0 atom stereocenters. The molecule has 62 heavy (non-hydrogen) atoms. The Morgan fingerprint density at radius 2 is 0.839 bits per heavy atom. The summed E-state index contributed by atoms with van der Waals surface area (Å²) in [5.41, 5.74) is 22.4. The zero-order chi connectivity index (χ0) is 41.4. The van der Waals surface area contributed by atoms with E-state index in [4.69, 9.17) is 0 Å². The minimum Gasteiger partial charge on any atom is -0.310 e. The van der Waals surface area contributed by atoms with Crippen molar-refractivity contribution in [2.24, 2.45) is 0 Å². The van der Waals surface area contributed by atoms with Gasteiger partial charge in [-0.1, -0.05) is 197 Å². The highest BCUT2D eigenvalue weighted by Crippen LogP contribution is 2.57. The molecule has 0 heterocycles. The van der Waals surface area contributed by atoms with Crippen molar-refractivity contribution >= 4 is 27.8 Å². The topological polar surface area (TPSA) is 3.24 Å². The lowest BCUT2D eigenvalue weighted by Crippen LogP contribution is -2.28. The van der Waals surface area contributed by atoms with Gasteiger partial charge in [-0.2, -0.15) is 0 Å². The predicted molar refractivity (Wildman–Crippen MR) is 262 cm³/mol. The van der Waals surface area contributed by atoms with Gasteiger partial charge in [0.1, 0.15) is 0 Å². The Morgan fingerprint density at radius 3 is 1.56 bits per heavy atom. The molecule has 1 saturated carbocycles. The zero-order valence-corrected chi connectivity index (χ0v) is 35.5. The summed E-state index contributed by atoms with van der Waals surface area (Å²) >= 11 is 0. The normalized spacial score (nSPS) is 15.2. The van der Waals surface area contributed by atoms with Gasteiger partial charge < -0.3 is 4.90 Å². The van der Waals surface area contributed by atoms with Crippen LogP contribution in [0.5, 0.6) is 0 Å². The molecule has 0 bridgehead atoms. The average Bonchev–Trinajstić information content (AvgIpc) is 3.73.